The summed E-state index contributed by atoms with van der Waals surface area (Å²) in [5, 5.41) is 23.2. The maximum Gasteiger partial charge on any atom is 0.305 e. The van der Waals surface area contributed by atoms with E-state index in [1.165, 1.54) is 276 Å². The summed E-state index contributed by atoms with van der Waals surface area (Å²) in [6.07, 6.45) is 76.5. The molecule has 0 aliphatic heterocycles. The van der Waals surface area contributed by atoms with E-state index in [1.54, 1.807) is 6.08 Å². The highest BCUT2D eigenvalue weighted by atomic mass is 16.5. The number of carbonyl (C=O) groups excluding carboxylic acids is 2. The van der Waals surface area contributed by atoms with Crippen molar-refractivity contribution >= 4 is 11.9 Å². The molecule has 6 heteroatoms. The Hall–Kier alpha value is -1.66. The monoisotopic (exact) mass is 1010 g/mol. The minimum absolute atomic E-state index is 0.00575. The number of ether oxygens (including phenoxy) is 1. The predicted molar refractivity (Wildman–Crippen MR) is 315 cm³/mol. The first kappa shape index (κ1) is 70.3. The van der Waals surface area contributed by atoms with Crippen molar-refractivity contribution in [3.8, 4) is 0 Å². The molecule has 0 aliphatic carbocycles. The number of hydrogen-bond acceptors (Lipinski definition) is 5. The van der Waals surface area contributed by atoms with Gasteiger partial charge in [0.25, 0.3) is 0 Å². The van der Waals surface area contributed by atoms with Crippen LogP contribution in [0.5, 0.6) is 0 Å². The maximum atomic E-state index is 12.5. The van der Waals surface area contributed by atoms with Gasteiger partial charge in [-0.05, 0) is 57.8 Å². The Kier molecular flexibility index (Phi) is 60.5. The smallest absolute Gasteiger partial charge is 0.305 e. The Bertz CT molecular complexity index is 1120. The zero-order valence-corrected chi connectivity index (χ0v) is 48.7. The van der Waals surface area contributed by atoms with Gasteiger partial charge in [-0.1, -0.05) is 314 Å². The Balaban J connectivity index is 3.46. The van der Waals surface area contributed by atoms with Crippen LogP contribution in [-0.2, 0) is 14.3 Å². The molecule has 0 saturated carbocycles. The van der Waals surface area contributed by atoms with E-state index < -0.39 is 12.1 Å². The number of carbonyl (C=O) groups is 2. The molecule has 0 fully saturated rings. The predicted octanol–water partition coefficient (Wildman–Crippen LogP) is 20.6. The Morgan fingerprint density at radius 1 is 0.375 bits per heavy atom. The molecule has 0 radical (unpaired) electrons. The number of aliphatic hydroxyl groups excluding tert-OH is 2. The highest BCUT2D eigenvalue weighted by Crippen LogP contribution is 2.18. The molecule has 0 rings (SSSR count). The first-order chi connectivity index (χ1) is 35.5. The molecule has 3 N–H and O–H groups in total. The number of allylic oxidation sites excluding steroid dienone is 3. The van der Waals surface area contributed by atoms with Crippen molar-refractivity contribution in [2.45, 2.75) is 373 Å². The quantitative estimate of drug-likeness (QED) is 0.0320. The van der Waals surface area contributed by atoms with Crippen LogP contribution in [0.1, 0.15) is 361 Å². The van der Waals surface area contributed by atoms with E-state index in [2.05, 4.69) is 31.3 Å². The van der Waals surface area contributed by atoms with Crippen LogP contribution < -0.4 is 5.32 Å². The van der Waals surface area contributed by atoms with Crippen molar-refractivity contribution in [2.24, 2.45) is 0 Å². The lowest BCUT2D eigenvalue weighted by atomic mass is 10.0. The molecule has 0 aromatic carbocycles. The van der Waals surface area contributed by atoms with Crippen molar-refractivity contribution in [1.29, 1.82) is 0 Å². The summed E-state index contributed by atoms with van der Waals surface area (Å²) in [5.41, 5.74) is 0. The molecule has 426 valence electrons. The van der Waals surface area contributed by atoms with Gasteiger partial charge in [0, 0.05) is 12.8 Å². The van der Waals surface area contributed by atoms with Gasteiger partial charge in [-0.3, -0.25) is 9.59 Å². The molecular formula is C66H127NO5. The van der Waals surface area contributed by atoms with E-state index >= 15 is 0 Å². The molecule has 0 aliphatic rings. The fourth-order valence-corrected chi connectivity index (χ4v) is 10.2. The lowest BCUT2D eigenvalue weighted by molar-refractivity contribution is -0.143. The first-order valence-corrected chi connectivity index (χ1v) is 32.6. The van der Waals surface area contributed by atoms with Crippen molar-refractivity contribution in [3.05, 3.63) is 24.3 Å². The Labute approximate surface area is 450 Å². The third kappa shape index (κ3) is 57.6. The molecule has 0 spiro atoms. The van der Waals surface area contributed by atoms with Gasteiger partial charge in [0.2, 0.25) is 5.91 Å². The van der Waals surface area contributed by atoms with Crippen LogP contribution in [0.15, 0.2) is 24.3 Å². The Morgan fingerprint density at radius 2 is 0.653 bits per heavy atom. The maximum absolute atomic E-state index is 12.5. The highest BCUT2D eigenvalue weighted by molar-refractivity contribution is 5.76. The minimum atomic E-state index is -0.853. The van der Waals surface area contributed by atoms with Crippen LogP contribution in [0.2, 0.25) is 0 Å². The van der Waals surface area contributed by atoms with E-state index in [0.29, 0.717) is 19.4 Å². The second kappa shape index (κ2) is 61.9. The molecule has 0 aromatic heterocycles. The van der Waals surface area contributed by atoms with Crippen LogP contribution in [0.4, 0.5) is 0 Å². The molecule has 0 heterocycles. The average molecular weight is 1010 g/mol. The summed E-state index contributed by atoms with van der Waals surface area (Å²) in [4.78, 5) is 24.6. The van der Waals surface area contributed by atoms with Crippen LogP contribution in [0.3, 0.4) is 0 Å². The van der Waals surface area contributed by atoms with Gasteiger partial charge in [-0.2, -0.15) is 0 Å². The zero-order chi connectivity index (χ0) is 52.2. The van der Waals surface area contributed by atoms with E-state index in [4.69, 9.17) is 4.74 Å². The van der Waals surface area contributed by atoms with Gasteiger partial charge in [0.15, 0.2) is 0 Å². The molecule has 6 nitrogen and oxygen atoms in total. The summed E-state index contributed by atoms with van der Waals surface area (Å²) < 4.78 is 5.49. The number of esters is 1. The summed E-state index contributed by atoms with van der Waals surface area (Å²) >= 11 is 0. The lowest BCUT2D eigenvalue weighted by Gasteiger charge is -2.20. The van der Waals surface area contributed by atoms with Crippen molar-refractivity contribution in [3.63, 3.8) is 0 Å². The Morgan fingerprint density at radius 3 is 0.986 bits per heavy atom. The zero-order valence-electron chi connectivity index (χ0n) is 48.7. The summed E-state index contributed by atoms with van der Waals surface area (Å²) in [7, 11) is 0. The molecule has 1 amide bonds. The third-order valence-corrected chi connectivity index (χ3v) is 15.2. The van der Waals surface area contributed by atoms with Gasteiger partial charge in [0.05, 0.1) is 25.4 Å². The van der Waals surface area contributed by atoms with Gasteiger partial charge in [0.1, 0.15) is 0 Å². The second-order valence-corrected chi connectivity index (χ2v) is 22.5. The molecular weight excluding hydrogens is 887 g/mol. The molecule has 72 heavy (non-hydrogen) atoms. The largest absolute Gasteiger partial charge is 0.466 e. The number of amides is 1. The fraction of sp³-hybridized carbons (Fsp3) is 0.909. The van der Waals surface area contributed by atoms with Gasteiger partial charge < -0.3 is 20.3 Å². The number of aliphatic hydroxyl groups is 2. The van der Waals surface area contributed by atoms with Gasteiger partial charge in [-0.25, -0.2) is 0 Å². The summed E-state index contributed by atoms with van der Waals surface area (Å²) in [5.74, 6) is -0.0805. The van der Waals surface area contributed by atoms with Crippen LogP contribution in [-0.4, -0.2) is 47.4 Å². The standard InChI is InChI=1S/C66H127NO5/c1-3-5-7-9-11-13-15-17-19-21-22-23-24-25-26-27-29-30-34-38-42-46-50-54-58-64(69)63(62-68)67-65(70)59-55-51-47-43-39-35-32-33-37-41-45-49-53-57-61-72-66(71)60-56-52-48-44-40-36-31-28-20-18-16-14-12-10-8-6-4-2/h18,20,54,58,63-64,68-69H,3-17,19,21-53,55-57,59-62H2,1-2H3,(H,67,70)/b20-18-,58-54+. The summed E-state index contributed by atoms with van der Waals surface area (Å²) in [6, 6.07) is -0.637. The topological polar surface area (TPSA) is 95.9 Å². The molecule has 0 bridgehead atoms. The molecule has 0 aromatic rings. The fourth-order valence-electron chi connectivity index (χ4n) is 10.2. The normalized spacial score (nSPS) is 12.7. The second-order valence-electron chi connectivity index (χ2n) is 22.5. The average Bonchev–Trinajstić information content (AvgIpc) is 3.38. The highest BCUT2D eigenvalue weighted by Gasteiger charge is 2.18. The van der Waals surface area contributed by atoms with E-state index in [9.17, 15) is 19.8 Å². The van der Waals surface area contributed by atoms with E-state index in [-0.39, 0.29) is 18.5 Å². The summed E-state index contributed by atoms with van der Waals surface area (Å²) in [6.45, 7) is 4.91. The van der Waals surface area contributed by atoms with Crippen LogP contribution >= 0.6 is 0 Å². The van der Waals surface area contributed by atoms with Crippen LogP contribution in [0.25, 0.3) is 0 Å². The number of hydrogen-bond donors (Lipinski definition) is 3. The number of rotatable bonds is 61. The van der Waals surface area contributed by atoms with E-state index in [1.807, 2.05) is 6.08 Å². The third-order valence-electron chi connectivity index (χ3n) is 15.2. The minimum Gasteiger partial charge on any atom is -0.466 e. The SMILES string of the molecule is CCCCCCCC/C=C\CCCCCCCCCC(=O)OCCCCCCCCCCCCCCCCC(=O)NC(CO)C(O)/C=C/CCCCCCCCCCCCCCCCCCCCCCCC. The van der Waals surface area contributed by atoms with Gasteiger partial charge >= 0.3 is 5.97 Å². The van der Waals surface area contributed by atoms with Gasteiger partial charge in [-0.15, -0.1) is 0 Å². The van der Waals surface area contributed by atoms with Crippen molar-refractivity contribution in [1.82, 2.24) is 5.32 Å². The molecule has 2 atom stereocenters. The molecule has 2 unspecified atom stereocenters. The number of nitrogens with one attached hydrogen (secondary N) is 1. The molecule has 0 saturated heterocycles. The van der Waals surface area contributed by atoms with Crippen LogP contribution in [0, 0.1) is 0 Å². The van der Waals surface area contributed by atoms with E-state index in [0.717, 1.165) is 57.8 Å². The number of unbranched alkanes of at least 4 members (excludes halogenated alkanes) is 48. The van der Waals surface area contributed by atoms with Crippen molar-refractivity contribution < 1.29 is 24.5 Å². The first-order valence-electron chi connectivity index (χ1n) is 32.6. The van der Waals surface area contributed by atoms with Crippen molar-refractivity contribution in [2.75, 3.05) is 13.2 Å². The lowest BCUT2D eigenvalue weighted by Crippen LogP contribution is -2.45.